The fourth-order valence-electron chi connectivity index (χ4n) is 5.28. The van der Waals surface area contributed by atoms with Gasteiger partial charge in [0, 0.05) is 44.6 Å². The molecule has 31 heavy (non-hydrogen) atoms. The SMILES string of the molecule is O=C(O)CC[C@H]1CN(CC(c2ccccc2)c2ccccc2)CC[C@H]1N1CCOCC1. The highest BCUT2D eigenvalue weighted by atomic mass is 16.5. The maximum atomic E-state index is 11.3. The zero-order valence-electron chi connectivity index (χ0n) is 18.2. The van der Waals surface area contributed by atoms with Crippen LogP contribution >= 0.6 is 0 Å². The standard InChI is InChI=1S/C26H34N2O3/c29-26(30)12-11-23-19-27(14-13-25(23)28-15-17-31-18-16-28)20-24(21-7-3-1-4-8-21)22-9-5-2-6-10-22/h1-10,23-25H,11-20H2,(H,29,30)/t23-,25+/m0/s1. The number of piperidine rings is 1. The first-order valence-electron chi connectivity index (χ1n) is 11.6. The number of hydrogen-bond acceptors (Lipinski definition) is 4. The van der Waals surface area contributed by atoms with Gasteiger partial charge in [0.25, 0.3) is 0 Å². The summed E-state index contributed by atoms with van der Waals surface area (Å²) >= 11 is 0. The van der Waals surface area contributed by atoms with E-state index in [2.05, 4.69) is 70.5 Å². The van der Waals surface area contributed by atoms with E-state index in [0.717, 1.165) is 58.8 Å². The summed E-state index contributed by atoms with van der Waals surface area (Å²) in [6.45, 7) is 6.49. The normalized spacial score (nSPS) is 23.1. The number of nitrogens with zero attached hydrogens (tertiary/aromatic N) is 2. The molecule has 2 aliphatic heterocycles. The number of rotatable bonds is 8. The quantitative estimate of drug-likeness (QED) is 0.703. The van der Waals surface area contributed by atoms with E-state index in [-0.39, 0.29) is 6.42 Å². The Balaban J connectivity index is 1.49. The van der Waals surface area contributed by atoms with E-state index in [0.29, 0.717) is 17.9 Å². The van der Waals surface area contributed by atoms with Crippen molar-refractivity contribution in [3.63, 3.8) is 0 Å². The summed E-state index contributed by atoms with van der Waals surface area (Å²) in [7, 11) is 0. The summed E-state index contributed by atoms with van der Waals surface area (Å²) in [5.41, 5.74) is 2.68. The maximum absolute atomic E-state index is 11.3. The van der Waals surface area contributed by atoms with Crippen molar-refractivity contribution in [2.75, 3.05) is 45.9 Å². The molecule has 0 aromatic heterocycles. The Bertz CT molecular complexity index is 768. The van der Waals surface area contributed by atoms with Crippen molar-refractivity contribution in [3.8, 4) is 0 Å². The molecule has 0 amide bonds. The van der Waals surface area contributed by atoms with Gasteiger partial charge in [-0.15, -0.1) is 0 Å². The maximum Gasteiger partial charge on any atom is 0.303 e. The van der Waals surface area contributed by atoms with Crippen LogP contribution in [0.25, 0.3) is 0 Å². The highest BCUT2D eigenvalue weighted by molar-refractivity contribution is 5.66. The molecule has 0 spiro atoms. The van der Waals surface area contributed by atoms with E-state index in [1.807, 2.05) is 0 Å². The summed E-state index contributed by atoms with van der Waals surface area (Å²) < 4.78 is 5.55. The first-order chi connectivity index (χ1) is 15.2. The summed E-state index contributed by atoms with van der Waals surface area (Å²) in [6, 6.07) is 22.0. The molecule has 4 rings (SSSR count). The molecular formula is C26H34N2O3. The van der Waals surface area contributed by atoms with Crippen molar-refractivity contribution in [2.45, 2.75) is 31.2 Å². The van der Waals surface area contributed by atoms with Gasteiger partial charge in [0.15, 0.2) is 0 Å². The molecule has 2 atom stereocenters. The minimum Gasteiger partial charge on any atom is -0.481 e. The van der Waals surface area contributed by atoms with Crippen molar-refractivity contribution in [3.05, 3.63) is 71.8 Å². The van der Waals surface area contributed by atoms with Gasteiger partial charge in [-0.1, -0.05) is 60.7 Å². The van der Waals surface area contributed by atoms with E-state index < -0.39 is 5.97 Å². The molecule has 0 aliphatic carbocycles. The molecule has 166 valence electrons. The van der Waals surface area contributed by atoms with Gasteiger partial charge in [-0.2, -0.15) is 0 Å². The highest BCUT2D eigenvalue weighted by Gasteiger charge is 2.35. The predicted octanol–water partition coefficient (Wildman–Crippen LogP) is 3.71. The van der Waals surface area contributed by atoms with Crippen LogP contribution in [-0.4, -0.2) is 72.9 Å². The van der Waals surface area contributed by atoms with Gasteiger partial charge in [-0.05, 0) is 36.4 Å². The van der Waals surface area contributed by atoms with Crippen LogP contribution in [0.2, 0.25) is 0 Å². The largest absolute Gasteiger partial charge is 0.481 e. The molecule has 2 heterocycles. The van der Waals surface area contributed by atoms with Crippen molar-refractivity contribution < 1.29 is 14.6 Å². The fraction of sp³-hybridized carbons (Fsp3) is 0.500. The van der Waals surface area contributed by atoms with Crippen LogP contribution in [0.5, 0.6) is 0 Å². The molecular weight excluding hydrogens is 388 g/mol. The van der Waals surface area contributed by atoms with E-state index in [1.165, 1.54) is 11.1 Å². The van der Waals surface area contributed by atoms with Gasteiger partial charge in [-0.25, -0.2) is 0 Å². The average Bonchev–Trinajstić information content (AvgIpc) is 2.83. The number of likely N-dealkylation sites (tertiary alicyclic amines) is 1. The van der Waals surface area contributed by atoms with Crippen molar-refractivity contribution in [1.29, 1.82) is 0 Å². The molecule has 5 heteroatoms. The van der Waals surface area contributed by atoms with Crippen molar-refractivity contribution >= 4 is 5.97 Å². The average molecular weight is 423 g/mol. The third-order valence-corrected chi connectivity index (χ3v) is 6.87. The smallest absolute Gasteiger partial charge is 0.303 e. The van der Waals surface area contributed by atoms with E-state index in [1.54, 1.807) is 0 Å². The first-order valence-corrected chi connectivity index (χ1v) is 11.6. The molecule has 2 fully saturated rings. The molecule has 0 saturated carbocycles. The molecule has 2 saturated heterocycles. The first kappa shape index (κ1) is 22.0. The van der Waals surface area contributed by atoms with Gasteiger partial charge >= 0.3 is 5.97 Å². The number of morpholine rings is 1. The zero-order chi connectivity index (χ0) is 21.5. The number of hydrogen-bond donors (Lipinski definition) is 1. The predicted molar refractivity (Wildman–Crippen MR) is 122 cm³/mol. The highest BCUT2D eigenvalue weighted by Crippen LogP contribution is 2.31. The third-order valence-electron chi connectivity index (χ3n) is 6.87. The lowest BCUT2D eigenvalue weighted by Gasteiger charge is -2.46. The summed E-state index contributed by atoms with van der Waals surface area (Å²) in [5, 5.41) is 9.30. The van der Waals surface area contributed by atoms with Gasteiger partial charge in [0.2, 0.25) is 0 Å². The number of ether oxygens (including phenoxy) is 1. The van der Waals surface area contributed by atoms with Crippen LogP contribution < -0.4 is 0 Å². The molecule has 5 nitrogen and oxygen atoms in total. The van der Waals surface area contributed by atoms with Crippen molar-refractivity contribution in [2.24, 2.45) is 5.92 Å². The molecule has 2 aromatic carbocycles. The van der Waals surface area contributed by atoms with Crippen LogP contribution in [0.15, 0.2) is 60.7 Å². The van der Waals surface area contributed by atoms with Crippen LogP contribution in [0.3, 0.4) is 0 Å². The van der Waals surface area contributed by atoms with E-state index in [9.17, 15) is 9.90 Å². The van der Waals surface area contributed by atoms with E-state index >= 15 is 0 Å². The fourth-order valence-corrected chi connectivity index (χ4v) is 5.28. The molecule has 0 radical (unpaired) electrons. The zero-order valence-corrected chi connectivity index (χ0v) is 18.2. The Labute approximate surface area is 185 Å². The number of carboxylic acids is 1. The second-order valence-electron chi connectivity index (χ2n) is 8.83. The molecule has 0 bridgehead atoms. The Morgan fingerprint density at radius 2 is 1.58 bits per heavy atom. The van der Waals surface area contributed by atoms with Crippen LogP contribution in [-0.2, 0) is 9.53 Å². The Morgan fingerprint density at radius 3 is 2.16 bits per heavy atom. The second-order valence-corrected chi connectivity index (χ2v) is 8.83. The summed E-state index contributed by atoms with van der Waals surface area (Å²) in [6.07, 6.45) is 2.09. The number of aliphatic carboxylic acids is 1. The lowest BCUT2D eigenvalue weighted by Crippen LogP contribution is -2.54. The van der Waals surface area contributed by atoms with E-state index in [4.69, 9.17) is 4.74 Å². The van der Waals surface area contributed by atoms with Crippen molar-refractivity contribution in [1.82, 2.24) is 9.80 Å². The number of benzene rings is 2. The topological polar surface area (TPSA) is 53.0 Å². The lowest BCUT2D eigenvalue weighted by atomic mass is 9.85. The number of carboxylic acid groups (broad SMARTS) is 1. The molecule has 1 N–H and O–H groups in total. The Kier molecular flexibility index (Phi) is 7.73. The molecule has 2 aliphatic rings. The third kappa shape index (κ3) is 5.94. The second kappa shape index (κ2) is 10.9. The van der Waals surface area contributed by atoms with Gasteiger partial charge in [0.05, 0.1) is 13.2 Å². The van der Waals surface area contributed by atoms with Crippen LogP contribution in [0.4, 0.5) is 0 Å². The lowest BCUT2D eigenvalue weighted by molar-refractivity contribution is -0.137. The Hall–Kier alpha value is -2.21. The summed E-state index contributed by atoms with van der Waals surface area (Å²) in [4.78, 5) is 16.4. The Morgan fingerprint density at radius 1 is 0.968 bits per heavy atom. The van der Waals surface area contributed by atoms with Gasteiger partial charge < -0.3 is 14.7 Å². The summed E-state index contributed by atoms with van der Waals surface area (Å²) in [5.74, 6) is 0.0157. The molecule has 2 aromatic rings. The monoisotopic (exact) mass is 422 g/mol. The van der Waals surface area contributed by atoms with Gasteiger partial charge in [0.1, 0.15) is 0 Å². The van der Waals surface area contributed by atoms with Crippen LogP contribution in [0.1, 0.15) is 36.3 Å². The minimum absolute atomic E-state index is 0.250. The van der Waals surface area contributed by atoms with Gasteiger partial charge in [-0.3, -0.25) is 9.69 Å². The van der Waals surface area contributed by atoms with Crippen LogP contribution in [0, 0.1) is 5.92 Å². The number of carbonyl (C=O) groups is 1. The molecule has 0 unspecified atom stereocenters. The minimum atomic E-state index is -0.690.